The van der Waals surface area contributed by atoms with E-state index in [1.165, 1.54) is 23.0 Å². The number of nitrogens with two attached hydrogens (primary N) is 1. The van der Waals surface area contributed by atoms with E-state index in [0.29, 0.717) is 35.5 Å². The molecule has 4 rings (SSSR count). The summed E-state index contributed by atoms with van der Waals surface area (Å²) in [7, 11) is -3.63. The molecule has 0 radical (unpaired) electrons. The van der Waals surface area contributed by atoms with Crippen LogP contribution in [-0.2, 0) is 16.5 Å². The molecule has 0 aliphatic carbocycles. The monoisotopic (exact) mass is 458 g/mol. The summed E-state index contributed by atoms with van der Waals surface area (Å²) in [5.41, 5.74) is 2.04. The number of hydrogen-bond acceptors (Lipinski definition) is 5. The number of halogens is 1. The lowest BCUT2D eigenvalue weighted by Crippen LogP contribution is -2.21. The summed E-state index contributed by atoms with van der Waals surface area (Å²) in [6, 6.07) is 5.16. The van der Waals surface area contributed by atoms with Crippen molar-refractivity contribution in [3.05, 3.63) is 54.2 Å². The second kappa shape index (κ2) is 8.67. The maximum Gasteiger partial charge on any atom is 0.354 e. The van der Waals surface area contributed by atoms with E-state index in [1.54, 1.807) is 24.5 Å². The molecular weight excluding hydrogens is 435 g/mol. The van der Waals surface area contributed by atoms with E-state index in [4.69, 9.17) is 9.88 Å². The largest absolute Gasteiger partial charge is 0.477 e. The fourth-order valence-electron chi connectivity index (χ4n) is 3.53. The van der Waals surface area contributed by atoms with E-state index >= 15 is 0 Å². The maximum absolute atomic E-state index is 14.4. The Morgan fingerprint density at radius 1 is 1.34 bits per heavy atom. The number of anilines is 1. The number of carbonyl (C=O) groups excluding carboxylic acids is 1. The van der Waals surface area contributed by atoms with Gasteiger partial charge in [-0.05, 0) is 41.3 Å². The molecule has 0 saturated carbocycles. The van der Waals surface area contributed by atoms with Crippen LogP contribution in [-0.4, -0.2) is 31.6 Å². The van der Waals surface area contributed by atoms with Gasteiger partial charge in [0.1, 0.15) is 10.7 Å². The average molecular weight is 459 g/mol. The number of benzene rings is 1. The van der Waals surface area contributed by atoms with Crippen LogP contribution in [0.5, 0.6) is 5.88 Å². The van der Waals surface area contributed by atoms with E-state index in [9.17, 15) is 13.4 Å². The summed E-state index contributed by atoms with van der Waals surface area (Å²) >= 11 is 0. The zero-order valence-electron chi connectivity index (χ0n) is 17.6. The fourth-order valence-corrected chi connectivity index (χ4v) is 4.53. The first kappa shape index (κ1) is 21.9. The lowest BCUT2D eigenvalue weighted by Gasteiger charge is -2.18. The smallest absolute Gasteiger partial charge is 0.354 e. The van der Waals surface area contributed by atoms with Crippen LogP contribution in [0.15, 0.2) is 52.1 Å². The molecule has 0 fully saturated rings. The van der Waals surface area contributed by atoms with Gasteiger partial charge in [-0.3, -0.25) is 4.98 Å². The van der Waals surface area contributed by atoms with Crippen LogP contribution < -0.4 is 15.2 Å². The molecule has 0 saturated heterocycles. The number of urea groups is 1. The average Bonchev–Trinajstić information content (AvgIpc) is 3.20. The minimum atomic E-state index is -3.63. The molecule has 1 atom stereocenters. The molecular formula is C21H23FN6O3S. The van der Waals surface area contributed by atoms with Gasteiger partial charge >= 0.3 is 6.03 Å². The van der Waals surface area contributed by atoms with E-state index in [1.807, 2.05) is 13.8 Å². The zero-order chi connectivity index (χ0) is 22.9. The van der Waals surface area contributed by atoms with Crippen molar-refractivity contribution in [3.8, 4) is 17.0 Å². The van der Waals surface area contributed by atoms with E-state index in [0.717, 1.165) is 6.42 Å². The van der Waals surface area contributed by atoms with Gasteiger partial charge < -0.3 is 10.1 Å². The van der Waals surface area contributed by atoms with Crippen molar-refractivity contribution in [2.45, 2.75) is 37.6 Å². The zero-order valence-corrected chi connectivity index (χ0v) is 18.4. The first-order valence-electron chi connectivity index (χ1n) is 10.0. The number of fused-ring (bicyclic) bond motifs is 1. The van der Waals surface area contributed by atoms with Crippen molar-refractivity contribution in [1.29, 1.82) is 0 Å². The van der Waals surface area contributed by atoms with Crippen LogP contribution >= 0.6 is 0 Å². The molecule has 2 aromatic heterocycles. The van der Waals surface area contributed by atoms with Crippen molar-refractivity contribution in [2.75, 3.05) is 11.9 Å². The Labute approximate surface area is 185 Å². The Balaban J connectivity index is 1.75. The summed E-state index contributed by atoms with van der Waals surface area (Å²) in [6.45, 7) is 4.78. The second-order valence-electron chi connectivity index (χ2n) is 7.64. The van der Waals surface area contributed by atoms with Crippen molar-refractivity contribution in [3.63, 3.8) is 0 Å². The highest BCUT2D eigenvalue weighted by Crippen LogP contribution is 2.36. The molecule has 0 spiro atoms. The predicted molar refractivity (Wildman–Crippen MR) is 118 cm³/mol. The Morgan fingerprint density at radius 2 is 2.09 bits per heavy atom. The lowest BCUT2D eigenvalue weighted by molar-refractivity contribution is 0.224. The van der Waals surface area contributed by atoms with Gasteiger partial charge in [0.25, 0.3) is 0 Å². The maximum atomic E-state index is 14.4. The topological polar surface area (TPSA) is 124 Å². The Morgan fingerprint density at radius 3 is 2.81 bits per heavy atom. The molecule has 0 bridgehead atoms. The fraction of sp³-hybridized carbons (Fsp3) is 0.286. The Hall–Kier alpha value is -3.31. The number of nitrogens with one attached hydrogen (secondary N) is 1. The first-order valence-corrected chi connectivity index (χ1v) is 11.6. The Bertz CT molecular complexity index is 1280. The quantitative estimate of drug-likeness (QED) is 0.613. The van der Waals surface area contributed by atoms with Crippen LogP contribution in [0.2, 0.25) is 0 Å². The number of nitrogens with zero attached hydrogens (tertiary/aromatic N) is 4. The van der Waals surface area contributed by atoms with Crippen LogP contribution in [0, 0.1) is 5.82 Å². The highest BCUT2D eigenvalue weighted by atomic mass is 32.2. The lowest BCUT2D eigenvalue weighted by atomic mass is 9.94. The van der Waals surface area contributed by atoms with Crippen LogP contribution in [0.25, 0.3) is 11.1 Å². The molecule has 1 aliphatic rings. The van der Waals surface area contributed by atoms with Gasteiger partial charge in [-0.1, -0.05) is 13.8 Å². The molecule has 3 N–H and O–H groups in total. The number of aryl methyl sites for hydroxylation is 1. The number of ether oxygens (including phenoxy) is 1. The van der Waals surface area contributed by atoms with Gasteiger partial charge in [-0.25, -0.2) is 23.2 Å². The number of hydrogen-bond donors (Lipinski definition) is 2. The molecule has 9 nitrogen and oxygen atoms in total. The van der Waals surface area contributed by atoms with Crippen LogP contribution in [0.4, 0.5) is 14.9 Å². The minimum Gasteiger partial charge on any atom is -0.477 e. The first-order chi connectivity index (χ1) is 15.3. The van der Waals surface area contributed by atoms with Crippen molar-refractivity contribution in [2.24, 2.45) is 9.50 Å². The van der Waals surface area contributed by atoms with E-state index in [2.05, 4.69) is 19.8 Å². The molecule has 1 aromatic carbocycles. The molecule has 1 aliphatic heterocycles. The third kappa shape index (κ3) is 4.34. The molecule has 32 heavy (non-hydrogen) atoms. The molecule has 168 valence electrons. The number of rotatable bonds is 4. The summed E-state index contributed by atoms with van der Waals surface area (Å²) in [5.74, 6) is -0.302. The number of carbonyl (C=O) groups is 1. The summed E-state index contributed by atoms with van der Waals surface area (Å²) < 4.78 is 38.3. The number of amides is 2. The van der Waals surface area contributed by atoms with Crippen molar-refractivity contribution >= 4 is 21.6 Å². The van der Waals surface area contributed by atoms with Crippen LogP contribution in [0.3, 0.4) is 0 Å². The third-order valence-corrected chi connectivity index (χ3v) is 6.37. The van der Waals surface area contributed by atoms with Gasteiger partial charge in [-0.2, -0.15) is 5.10 Å². The molecule has 0 unspecified atom stereocenters. The number of aromatic nitrogens is 3. The summed E-state index contributed by atoms with van der Waals surface area (Å²) in [5, 5.41) is 12.7. The number of pyridine rings is 1. The summed E-state index contributed by atoms with van der Waals surface area (Å²) in [6.07, 6.45) is 5.21. The van der Waals surface area contributed by atoms with Gasteiger partial charge in [0, 0.05) is 30.9 Å². The van der Waals surface area contributed by atoms with Crippen molar-refractivity contribution < 1.29 is 18.1 Å². The molecule has 2 amide bonds. The van der Waals surface area contributed by atoms with Gasteiger partial charge in [0.2, 0.25) is 5.88 Å². The van der Waals surface area contributed by atoms with Crippen molar-refractivity contribution in [1.82, 2.24) is 14.8 Å². The molecule has 3 heterocycles. The highest BCUT2D eigenvalue weighted by Gasteiger charge is 2.24. The Kier molecular flexibility index (Phi) is 5.94. The van der Waals surface area contributed by atoms with E-state index in [-0.39, 0.29) is 16.7 Å². The standard InChI is InChI=1S/C21H23FN6O3S/c1-13(2)16-10-15(22)11-17(14-4-6-24-7-5-14)19(16)26-21(29)27-32(23,30)18-12-25-28-8-3-9-31-20(18)28/h4-7,10-13H,3,8-9H2,1-2H3,(H3,23,26,27,29,30)/t32-/m1/s1. The highest BCUT2D eigenvalue weighted by molar-refractivity contribution is 7.91. The van der Waals surface area contributed by atoms with E-state index < -0.39 is 21.8 Å². The molecule has 3 aromatic rings. The molecule has 11 heteroatoms. The summed E-state index contributed by atoms with van der Waals surface area (Å²) in [4.78, 5) is 16.9. The van der Waals surface area contributed by atoms with Crippen LogP contribution in [0.1, 0.15) is 31.7 Å². The second-order valence-corrected chi connectivity index (χ2v) is 9.40. The SMILES string of the molecule is CC(C)c1cc(F)cc(-c2ccncc2)c1NC(=O)N=[S@@](N)(=O)c1cnn2c1OCCC2. The van der Waals surface area contributed by atoms with Gasteiger partial charge in [-0.15, -0.1) is 4.36 Å². The van der Waals surface area contributed by atoms with Gasteiger partial charge in [0.05, 0.1) is 18.5 Å². The van der Waals surface area contributed by atoms with Gasteiger partial charge in [0.15, 0.2) is 9.92 Å². The minimum absolute atomic E-state index is 0.0601. The third-order valence-electron chi connectivity index (χ3n) is 5.03. The predicted octanol–water partition coefficient (Wildman–Crippen LogP) is 3.92. The normalized spacial score (nSPS) is 14.9.